The first-order valence-electron chi connectivity index (χ1n) is 5.25. The molecule has 2 rings (SSSR count). The highest BCUT2D eigenvalue weighted by atomic mass is 35.5. The maximum Gasteiger partial charge on any atom is 0.139 e. The van der Waals surface area contributed by atoms with Gasteiger partial charge in [-0.25, -0.2) is 0 Å². The molecule has 1 aromatic carbocycles. The number of aromatic nitrogens is 2. The molecule has 0 aliphatic heterocycles. The fraction of sp³-hybridized carbons (Fsp3) is 0.250. The van der Waals surface area contributed by atoms with Crippen molar-refractivity contribution in [1.29, 1.82) is 0 Å². The first-order valence-corrected chi connectivity index (χ1v) is 5.63. The van der Waals surface area contributed by atoms with E-state index in [0.29, 0.717) is 17.3 Å². The molecule has 0 saturated heterocycles. The molecule has 0 spiro atoms. The molecule has 0 radical (unpaired) electrons. The third-order valence-electron chi connectivity index (χ3n) is 2.39. The van der Waals surface area contributed by atoms with Gasteiger partial charge in [0.2, 0.25) is 0 Å². The molecule has 1 N–H and O–H groups in total. The molecule has 2 aromatic rings. The highest BCUT2D eigenvalue weighted by Crippen LogP contribution is 2.27. The van der Waals surface area contributed by atoms with Crippen LogP contribution in [0.2, 0.25) is 5.02 Å². The lowest BCUT2D eigenvalue weighted by atomic mass is 10.3. The summed E-state index contributed by atoms with van der Waals surface area (Å²) >= 11 is 5.95. The lowest BCUT2D eigenvalue weighted by Crippen LogP contribution is -2.01. The van der Waals surface area contributed by atoms with Crippen LogP contribution >= 0.6 is 11.6 Å². The Labute approximate surface area is 105 Å². The van der Waals surface area contributed by atoms with Crippen LogP contribution in [0, 0.1) is 0 Å². The van der Waals surface area contributed by atoms with E-state index in [1.54, 1.807) is 17.9 Å². The molecule has 0 amide bonds. The minimum absolute atomic E-state index is 0.607. The SMILES string of the molecule is COc1cc(NCc2ccn(C)n2)ccc1Cl. The minimum atomic E-state index is 0.607. The van der Waals surface area contributed by atoms with Crippen LogP contribution in [0.1, 0.15) is 5.69 Å². The summed E-state index contributed by atoms with van der Waals surface area (Å²) in [6.07, 6.45) is 1.92. The van der Waals surface area contributed by atoms with Crippen molar-refractivity contribution in [2.24, 2.45) is 7.05 Å². The van der Waals surface area contributed by atoms with Crippen LogP contribution in [-0.4, -0.2) is 16.9 Å². The van der Waals surface area contributed by atoms with E-state index < -0.39 is 0 Å². The van der Waals surface area contributed by atoms with E-state index >= 15 is 0 Å². The molecule has 0 fully saturated rings. The number of anilines is 1. The number of nitrogens with one attached hydrogen (secondary N) is 1. The third kappa shape index (κ3) is 2.91. The van der Waals surface area contributed by atoms with Crippen molar-refractivity contribution in [1.82, 2.24) is 9.78 Å². The van der Waals surface area contributed by atoms with Crippen molar-refractivity contribution in [3.8, 4) is 5.75 Å². The summed E-state index contributed by atoms with van der Waals surface area (Å²) in [6.45, 7) is 0.672. The fourth-order valence-corrected chi connectivity index (χ4v) is 1.71. The summed E-state index contributed by atoms with van der Waals surface area (Å²) in [5.74, 6) is 0.665. The summed E-state index contributed by atoms with van der Waals surface area (Å²) < 4.78 is 6.93. The Morgan fingerprint density at radius 3 is 2.88 bits per heavy atom. The highest BCUT2D eigenvalue weighted by Gasteiger charge is 2.02. The smallest absolute Gasteiger partial charge is 0.139 e. The molecule has 90 valence electrons. The van der Waals surface area contributed by atoms with E-state index in [2.05, 4.69) is 10.4 Å². The molecule has 0 atom stereocenters. The van der Waals surface area contributed by atoms with Crippen molar-refractivity contribution in [2.45, 2.75) is 6.54 Å². The molecule has 0 aliphatic rings. The van der Waals surface area contributed by atoms with Crippen molar-refractivity contribution in [3.63, 3.8) is 0 Å². The molecular formula is C12H14ClN3O. The summed E-state index contributed by atoms with van der Waals surface area (Å²) in [6, 6.07) is 7.56. The first-order chi connectivity index (χ1) is 8.19. The lowest BCUT2D eigenvalue weighted by molar-refractivity contribution is 0.415. The Bertz CT molecular complexity index is 510. The Morgan fingerprint density at radius 2 is 2.24 bits per heavy atom. The fourth-order valence-electron chi connectivity index (χ4n) is 1.52. The predicted molar refractivity (Wildman–Crippen MR) is 68.5 cm³/mol. The zero-order chi connectivity index (χ0) is 12.3. The van der Waals surface area contributed by atoms with Gasteiger partial charge >= 0.3 is 0 Å². The number of methoxy groups -OCH3 is 1. The predicted octanol–water partition coefficient (Wildman–Crippen LogP) is 2.69. The highest BCUT2D eigenvalue weighted by molar-refractivity contribution is 6.32. The van der Waals surface area contributed by atoms with Crippen molar-refractivity contribution in [2.75, 3.05) is 12.4 Å². The van der Waals surface area contributed by atoms with Gasteiger partial charge in [0.25, 0.3) is 0 Å². The molecule has 4 nitrogen and oxygen atoms in total. The van der Waals surface area contributed by atoms with E-state index in [1.807, 2.05) is 31.4 Å². The number of benzene rings is 1. The molecule has 0 saturated carbocycles. The molecule has 0 aliphatic carbocycles. The molecule has 17 heavy (non-hydrogen) atoms. The second-order valence-electron chi connectivity index (χ2n) is 3.68. The zero-order valence-corrected chi connectivity index (χ0v) is 10.5. The standard InChI is InChI=1S/C12H14ClN3O/c1-16-6-5-10(15-16)8-14-9-3-4-11(13)12(7-9)17-2/h3-7,14H,8H2,1-2H3. The molecule has 5 heteroatoms. The maximum absolute atomic E-state index is 5.95. The minimum Gasteiger partial charge on any atom is -0.495 e. The number of rotatable bonds is 4. The number of hydrogen-bond acceptors (Lipinski definition) is 3. The molecule has 1 aromatic heterocycles. The van der Waals surface area contributed by atoms with Crippen LogP contribution in [0.3, 0.4) is 0 Å². The number of ether oxygens (including phenoxy) is 1. The Morgan fingerprint density at radius 1 is 1.41 bits per heavy atom. The van der Waals surface area contributed by atoms with Gasteiger partial charge < -0.3 is 10.1 Å². The van der Waals surface area contributed by atoms with Crippen LogP contribution in [0.5, 0.6) is 5.75 Å². The number of hydrogen-bond donors (Lipinski definition) is 1. The van der Waals surface area contributed by atoms with E-state index in [9.17, 15) is 0 Å². The Hall–Kier alpha value is -1.68. The van der Waals surface area contributed by atoms with Crippen LogP contribution in [-0.2, 0) is 13.6 Å². The maximum atomic E-state index is 5.95. The van der Waals surface area contributed by atoms with Crippen molar-refractivity contribution < 1.29 is 4.74 Å². The monoisotopic (exact) mass is 251 g/mol. The quantitative estimate of drug-likeness (QED) is 0.908. The van der Waals surface area contributed by atoms with Gasteiger partial charge in [0.05, 0.1) is 24.4 Å². The van der Waals surface area contributed by atoms with Gasteiger partial charge in [0.1, 0.15) is 5.75 Å². The third-order valence-corrected chi connectivity index (χ3v) is 2.71. The average molecular weight is 252 g/mol. The van der Waals surface area contributed by atoms with Gasteiger partial charge in [-0.1, -0.05) is 11.6 Å². The Kier molecular flexibility index (Phi) is 3.54. The average Bonchev–Trinajstić information content (AvgIpc) is 2.74. The van der Waals surface area contributed by atoms with E-state index in [0.717, 1.165) is 11.4 Å². The van der Waals surface area contributed by atoms with Crippen LogP contribution in [0.4, 0.5) is 5.69 Å². The van der Waals surface area contributed by atoms with E-state index in [-0.39, 0.29) is 0 Å². The first kappa shape index (κ1) is 11.8. The van der Waals surface area contributed by atoms with Crippen LogP contribution in [0.25, 0.3) is 0 Å². The Balaban J connectivity index is 2.04. The summed E-state index contributed by atoms with van der Waals surface area (Å²) in [4.78, 5) is 0. The zero-order valence-electron chi connectivity index (χ0n) is 9.77. The van der Waals surface area contributed by atoms with Crippen molar-refractivity contribution >= 4 is 17.3 Å². The summed E-state index contributed by atoms with van der Waals surface area (Å²) in [5, 5.41) is 8.15. The van der Waals surface area contributed by atoms with Crippen molar-refractivity contribution in [3.05, 3.63) is 41.2 Å². The van der Waals surface area contributed by atoms with Gasteiger partial charge in [-0.2, -0.15) is 5.10 Å². The molecule has 0 bridgehead atoms. The van der Waals surface area contributed by atoms with Crippen LogP contribution < -0.4 is 10.1 Å². The number of halogens is 1. The van der Waals surface area contributed by atoms with Gasteiger partial charge in [0.15, 0.2) is 0 Å². The second kappa shape index (κ2) is 5.10. The van der Waals surface area contributed by atoms with E-state index in [1.165, 1.54) is 0 Å². The van der Waals surface area contributed by atoms with Crippen LogP contribution in [0.15, 0.2) is 30.5 Å². The topological polar surface area (TPSA) is 39.1 Å². The second-order valence-corrected chi connectivity index (χ2v) is 4.09. The number of aryl methyl sites for hydroxylation is 1. The summed E-state index contributed by atoms with van der Waals surface area (Å²) in [7, 11) is 3.50. The van der Waals surface area contributed by atoms with Gasteiger partial charge in [-0.15, -0.1) is 0 Å². The largest absolute Gasteiger partial charge is 0.495 e. The normalized spacial score (nSPS) is 10.3. The van der Waals surface area contributed by atoms with E-state index in [4.69, 9.17) is 16.3 Å². The lowest BCUT2D eigenvalue weighted by Gasteiger charge is -2.08. The number of nitrogens with zero attached hydrogens (tertiary/aromatic N) is 2. The summed E-state index contributed by atoms with van der Waals surface area (Å²) in [5.41, 5.74) is 1.94. The van der Waals surface area contributed by atoms with Gasteiger partial charge in [-0.3, -0.25) is 4.68 Å². The molecule has 1 heterocycles. The molecular weight excluding hydrogens is 238 g/mol. The molecule has 0 unspecified atom stereocenters. The van der Waals surface area contributed by atoms with Gasteiger partial charge in [-0.05, 0) is 18.2 Å². The van der Waals surface area contributed by atoms with Gasteiger partial charge in [0, 0.05) is 25.0 Å².